The quantitative estimate of drug-likeness (QED) is 0.728. The van der Waals surface area contributed by atoms with Gasteiger partial charge in [-0.25, -0.2) is 0 Å². The van der Waals surface area contributed by atoms with E-state index in [0.29, 0.717) is 11.5 Å². The summed E-state index contributed by atoms with van der Waals surface area (Å²) in [5.74, 6) is 0.588. The number of nitrogens with zero attached hydrogens (tertiary/aromatic N) is 3. The molecule has 0 radical (unpaired) electrons. The monoisotopic (exact) mass is 177 g/mol. The van der Waals surface area contributed by atoms with Crippen molar-refractivity contribution in [3.63, 3.8) is 0 Å². The van der Waals surface area contributed by atoms with Gasteiger partial charge in [-0.05, 0) is 12.1 Å². The van der Waals surface area contributed by atoms with Crippen molar-refractivity contribution in [3.05, 3.63) is 30.3 Å². The lowest BCUT2D eigenvalue weighted by molar-refractivity contribution is 0.222. The van der Waals surface area contributed by atoms with Gasteiger partial charge in [0, 0.05) is 6.20 Å². The minimum absolute atomic E-state index is 0.195. The maximum atomic E-state index is 8.68. The van der Waals surface area contributed by atoms with Gasteiger partial charge in [0.15, 0.2) is 0 Å². The first kappa shape index (κ1) is 7.88. The molecule has 0 spiro atoms. The maximum absolute atomic E-state index is 8.68. The highest BCUT2D eigenvalue weighted by molar-refractivity contribution is 5.46. The van der Waals surface area contributed by atoms with Crippen molar-refractivity contribution >= 4 is 0 Å². The van der Waals surface area contributed by atoms with Gasteiger partial charge in [0.2, 0.25) is 5.82 Å². The minimum Gasteiger partial charge on any atom is -0.387 e. The van der Waals surface area contributed by atoms with Crippen molar-refractivity contribution < 1.29 is 9.63 Å². The van der Waals surface area contributed by atoms with Crippen LogP contribution in [0.5, 0.6) is 0 Å². The Morgan fingerprint density at radius 1 is 1.38 bits per heavy atom. The van der Waals surface area contributed by atoms with Gasteiger partial charge in [0.05, 0.1) is 0 Å². The van der Waals surface area contributed by atoms with Crippen LogP contribution in [0.1, 0.15) is 5.89 Å². The Morgan fingerprint density at radius 3 is 2.92 bits per heavy atom. The first-order valence-corrected chi connectivity index (χ1v) is 3.75. The summed E-state index contributed by atoms with van der Waals surface area (Å²) in [7, 11) is 0. The maximum Gasteiger partial charge on any atom is 0.252 e. The van der Waals surface area contributed by atoms with Gasteiger partial charge in [-0.3, -0.25) is 4.98 Å². The van der Waals surface area contributed by atoms with Gasteiger partial charge in [0.1, 0.15) is 12.3 Å². The van der Waals surface area contributed by atoms with E-state index < -0.39 is 0 Å². The zero-order valence-corrected chi connectivity index (χ0v) is 6.71. The van der Waals surface area contributed by atoms with E-state index in [2.05, 4.69) is 15.1 Å². The van der Waals surface area contributed by atoms with Gasteiger partial charge >= 0.3 is 0 Å². The lowest BCUT2D eigenvalue weighted by Gasteiger charge is -1.88. The molecule has 13 heavy (non-hydrogen) atoms. The molecule has 2 rings (SSSR count). The van der Waals surface area contributed by atoms with E-state index in [1.807, 2.05) is 6.07 Å². The average Bonchev–Trinajstić information content (AvgIpc) is 2.67. The second-order valence-electron chi connectivity index (χ2n) is 2.38. The van der Waals surface area contributed by atoms with E-state index in [9.17, 15) is 0 Å². The van der Waals surface area contributed by atoms with Crippen molar-refractivity contribution in [2.45, 2.75) is 6.61 Å². The van der Waals surface area contributed by atoms with E-state index in [4.69, 9.17) is 9.63 Å². The molecule has 5 heteroatoms. The first-order valence-electron chi connectivity index (χ1n) is 3.75. The molecule has 0 atom stereocenters. The van der Waals surface area contributed by atoms with Gasteiger partial charge in [0.25, 0.3) is 5.89 Å². The normalized spacial score (nSPS) is 10.2. The molecule has 0 unspecified atom stereocenters. The van der Waals surface area contributed by atoms with Crippen molar-refractivity contribution in [1.29, 1.82) is 0 Å². The topological polar surface area (TPSA) is 72.0 Å². The van der Waals surface area contributed by atoms with Crippen molar-refractivity contribution in [2.24, 2.45) is 0 Å². The zero-order chi connectivity index (χ0) is 9.10. The molecule has 2 aromatic heterocycles. The Bertz CT molecular complexity index is 385. The summed E-state index contributed by atoms with van der Waals surface area (Å²) in [6, 6.07) is 5.40. The van der Waals surface area contributed by atoms with E-state index in [1.165, 1.54) is 0 Å². The van der Waals surface area contributed by atoms with E-state index in [1.54, 1.807) is 18.3 Å². The first-order chi connectivity index (χ1) is 6.40. The second kappa shape index (κ2) is 3.32. The van der Waals surface area contributed by atoms with Gasteiger partial charge < -0.3 is 9.63 Å². The number of hydrogen-bond donors (Lipinski definition) is 1. The molecule has 0 aromatic carbocycles. The third-order valence-electron chi connectivity index (χ3n) is 1.50. The Balaban J connectivity index is 2.36. The minimum atomic E-state index is -0.250. The largest absolute Gasteiger partial charge is 0.387 e. The third-order valence-corrected chi connectivity index (χ3v) is 1.50. The summed E-state index contributed by atoms with van der Waals surface area (Å²) < 4.78 is 4.72. The number of aliphatic hydroxyl groups is 1. The number of aliphatic hydroxyl groups excluding tert-OH is 1. The highest BCUT2D eigenvalue weighted by Gasteiger charge is 2.07. The molecule has 0 aliphatic rings. The molecule has 0 saturated carbocycles. The molecule has 0 amide bonds. The number of rotatable bonds is 2. The van der Waals surface area contributed by atoms with Crippen LogP contribution in [0.2, 0.25) is 0 Å². The predicted molar refractivity (Wildman–Crippen MR) is 43.5 cm³/mol. The summed E-state index contributed by atoms with van der Waals surface area (Å²) in [5, 5.41) is 12.3. The van der Waals surface area contributed by atoms with Crippen molar-refractivity contribution in [3.8, 4) is 11.5 Å². The molecule has 2 heterocycles. The van der Waals surface area contributed by atoms with Gasteiger partial charge in [-0.15, -0.1) is 0 Å². The van der Waals surface area contributed by atoms with Crippen LogP contribution in [0.25, 0.3) is 11.5 Å². The van der Waals surface area contributed by atoms with Gasteiger partial charge in [-0.2, -0.15) is 4.98 Å². The highest BCUT2D eigenvalue weighted by Crippen LogP contribution is 2.11. The lowest BCUT2D eigenvalue weighted by atomic mass is 10.3. The molecule has 0 saturated heterocycles. The van der Waals surface area contributed by atoms with Gasteiger partial charge in [-0.1, -0.05) is 11.2 Å². The highest BCUT2D eigenvalue weighted by atomic mass is 16.5. The van der Waals surface area contributed by atoms with Crippen LogP contribution >= 0.6 is 0 Å². The van der Waals surface area contributed by atoms with Crippen molar-refractivity contribution in [1.82, 2.24) is 15.1 Å². The summed E-state index contributed by atoms with van der Waals surface area (Å²) in [6.07, 6.45) is 1.64. The van der Waals surface area contributed by atoms with E-state index in [-0.39, 0.29) is 12.5 Å². The number of pyridine rings is 1. The van der Waals surface area contributed by atoms with E-state index in [0.717, 1.165) is 0 Å². The van der Waals surface area contributed by atoms with Crippen LogP contribution in [-0.2, 0) is 6.61 Å². The third kappa shape index (κ3) is 1.54. The Hall–Kier alpha value is -1.75. The molecule has 5 nitrogen and oxygen atoms in total. The van der Waals surface area contributed by atoms with Crippen LogP contribution in [0.15, 0.2) is 28.9 Å². The molecule has 0 fully saturated rings. The van der Waals surface area contributed by atoms with E-state index >= 15 is 0 Å². The standard InChI is InChI=1S/C8H7N3O2/c12-5-7-10-8(11-13-7)6-3-1-2-4-9-6/h1-4,12H,5H2. The van der Waals surface area contributed by atoms with Crippen LogP contribution in [0, 0.1) is 0 Å². The lowest BCUT2D eigenvalue weighted by Crippen LogP contribution is -1.85. The smallest absolute Gasteiger partial charge is 0.252 e. The molecule has 0 aliphatic heterocycles. The number of aromatic nitrogens is 3. The molecular formula is C8H7N3O2. The fraction of sp³-hybridized carbons (Fsp3) is 0.125. The summed E-state index contributed by atoms with van der Waals surface area (Å²) >= 11 is 0. The van der Waals surface area contributed by atoms with Crippen LogP contribution in [0.4, 0.5) is 0 Å². The molecular weight excluding hydrogens is 170 g/mol. The fourth-order valence-electron chi connectivity index (χ4n) is 0.918. The average molecular weight is 177 g/mol. The molecule has 66 valence electrons. The molecule has 0 bridgehead atoms. The van der Waals surface area contributed by atoms with Crippen LogP contribution in [-0.4, -0.2) is 20.2 Å². The summed E-state index contributed by atoms with van der Waals surface area (Å²) in [4.78, 5) is 7.94. The summed E-state index contributed by atoms with van der Waals surface area (Å²) in [5.41, 5.74) is 0.631. The fourth-order valence-corrected chi connectivity index (χ4v) is 0.918. The second-order valence-corrected chi connectivity index (χ2v) is 2.38. The predicted octanol–water partition coefficient (Wildman–Crippen LogP) is 0.624. The Morgan fingerprint density at radius 2 is 2.31 bits per heavy atom. The molecule has 0 aliphatic carbocycles. The summed E-state index contributed by atoms with van der Waals surface area (Å²) in [6.45, 7) is -0.250. The molecule has 1 N–H and O–H groups in total. The zero-order valence-electron chi connectivity index (χ0n) is 6.71. The number of hydrogen-bond acceptors (Lipinski definition) is 5. The van der Waals surface area contributed by atoms with Crippen LogP contribution < -0.4 is 0 Å². The Labute approximate surface area is 74.1 Å². The van der Waals surface area contributed by atoms with Crippen molar-refractivity contribution in [2.75, 3.05) is 0 Å². The SMILES string of the molecule is OCc1nc(-c2ccccn2)no1. The molecule has 2 aromatic rings. The van der Waals surface area contributed by atoms with Crippen LogP contribution in [0.3, 0.4) is 0 Å². The Kier molecular flexibility index (Phi) is 2.01.